The quantitative estimate of drug-likeness (QED) is 0.858. The second-order valence-electron chi connectivity index (χ2n) is 7.27. The maximum Gasteiger partial charge on any atom is 0.246 e. The van der Waals surface area contributed by atoms with Crippen molar-refractivity contribution in [2.75, 3.05) is 13.1 Å². The van der Waals surface area contributed by atoms with E-state index in [0.717, 1.165) is 19.3 Å². The highest BCUT2D eigenvalue weighted by Gasteiger charge is 2.34. The van der Waals surface area contributed by atoms with Gasteiger partial charge in [-0.1, -0.05) is 26.7 Å². The molecule has 1 aromatic heterocycles. The summed E-state index contributed by atoms with van der Waals surface area (Å²) < 4.78 is 29.6. The van der Waals surface area contributed by atoms with Gasteiger partial charge in [0.05, 0.1) is 11.7 Å². The zero-order valence-corrected chi connectivity index (χ0v) is 14.6. The highest BCUT2D eigenvalue weighted by molar-refractivity contribution is 7.89. The van der Waals surface area contributed by atoms with Crippen LogP contribution in [0.1, 0.15) is 57.7 Å². The monoisotopic (exact) mass is 325 g/mol. The van der Waals surface area contributed by atoms with Gasteiger partial charge in [0.2, 0.25) is 10.0 Å². The molecule has 1 saturated carbocycles. The Morgan fingerprint density at radius 2 is 1.73 bits per heavy atom. The lowest BCUT2D eigenvalue weighted by atomic mass is 9.94. The van der Waals surface area contributed by atoms with Crippen molar-refractivity contribution in [2.24, 2.45) is 11.8 Å². The van der Waals surface area contributed by atoms with E-state index in [-0.39, 0.29) is 0 Å². The number of sulfonamides is 1. The van der Waals surface area contributed by atoms with E-state index in [1.54, 1.807) is 10.5 Å². The predicted molar refractivity (Wildman–Crippen MR) is 86.2 cm³/mol. The molecule has 1 aromatic rings. The number of hydrogen-bond donors (Lipinski definition) is 0. The molecule has 0 bridgehead atoms. The van der Waals surface area contributed by atoms with Crippen LogP contribution in [0.4, 0.5) is 0 Å². The largest absolute Gasteiger partial charge is 0.268 e. The third-order valence-electron chi connectivity index (χ3n) is 5.02. The van der Waals surface area contributed by atoms with Crippen molar-refractivity contribution in [3.63, 3.8) is 0 Å². The molecule has 22 heavy (non-hydrogen) atoms. The van der Waals surface area contributed by atoms with Gasteiger partial charge in [0.15, 0.2) is 0 Å². The average Bonchev–Trinajstić information content (AvgIpc) is 3.06. The average molecular weight is 325 g/mol. The molecule has 124 valence electrons. The number of rotatable bonds is 3. The molecule has 2 fully saturated rings. The maximum absolute atomic E-state index is 13.0. The Bertz CT molecular complexity index is 622. The molecule has 2 atom stereocenters. The van der Waals surface area contributed by atoms with Gasteiger partial charge in [-0.3, -0.25) is 4.68 Å². The summed E-state index contributed by atoms with van der Waals surface area (Å²) in [5.74, 6) is 0.840. The molecule has 1 aliphatic heterocycles. The van der Waals surface area contributed by atoms with Gasteiger partial charge >= 0.3 is 0 Å². The lowest BCUT2D eigenvalue weighted by molar-refractivity contribution is 0.222. The minimum absolute atomic E-state index is 0.377. The van der Waals surface area contributed by atoms with Crippen LogP contribution in [0.15, 0.2) is 11.1 Å². The summed E-state index contributed by atoms with van der Waals surface area (Å²) in [5.41, 5.74) is 0.637. The smallest absolute Gasteiger partial charge is 0.246 e. The van der Waals surface area contributed by atoms with E-state index in [1.807, 2.05) is 11.6 Å². The van der Waals surface area contributed by atoms with Crippen molar-refractivity contribution in [2.45, 2.75) is 63.8 Å². The van der Waals surface area contributed by atoms with Crippen LogP contribution in [-0.2, 0) is 10.0 Å². The zero-order chi connectivity index (χ0) is 15.9. The number of hydrogen-bond acceptors (Lipinski definition) is 3. The fourth-order valence-electron chi connectivity index (χ4n) is 4.02. The van der Waals surface area contributed by atoms with E-state index in [1.165, 1.54) is 12.8 Å². The Labute approximate surface area is 133 Å². The molecule has 1 saturated heterocycles. The maximum atomic E-state index is 13.0. The van der Waals surface area contributed by atoms with Crippen LogP contribution in [0, 0.1) is 18.8 Å². The summed E-state index contributed by atoms with van der Waals surface area (Å²) in [6.07, 6.45) is 7.52. The number of aromatic nitrogens is 2. The predicted octanol–water partition coefficient (Wildman–Crippen LogP) is 2.97. The second kappa shape index (κ2) is 5.96. The first kappa shape index (κ1) is 16.0. The van der Waals surface area contributed by atoms with Crippen molar-refractivity contribution in [1.82, 2.24) is 14.1 Å². The van der Waals surface area contributed by atoms with Gasteiger partial charge in [-0.25, -0.2) is 8.42 Å². The molecule has 0 spiro atoms. The van der Waals surface area contributed by atoms with Crippen LogP contribution in [-0.4, -0.2) is 35.6 Å². The van der Waals surface area contributed by atoms with Crippen LogP contribution in [0.2, 0.25) is 0 Å². The third-order valence-corrected chi connectivity index (χ3v) is 6.96. The molecule has 3 rings (SSSR count). The first-order valence-electron chi connectivity index (χ1n) is 8.44. The first-order valence-corrected chi connectivity index (χ1v) is 9.88. The summed E-state index contributed by atoms with van der Waals surface area (Å²) in [6.45, 7) is 7.33. The molecule has 0 amide bonds. The zero-order valence-electron chi connectivity index (χ0n) is 13.8. The Morgan fingerprint density at radius 3 is 2.32 bits per heavy atom. The molecule has 0 N–H and O–H groups in total. The topological polar surface area (TPSA) is 55.2 Å². The van der Waals surface area contributed by atoms with Crippen molar-refractivity contribution in [1.29, 1.82) is 0 Å². The lowest BCUT2D eigenvalue weighted by Crippen LogP contribution is -2.42. The Morgan fingerprint density at radius 1 is 1.14 bits per heavy atom. The Balaban J connectivity index is 1.88. The van der Waals surface area contributed by atoms with Crippen LogP contribution in [0.25, 0.3) is 0 Å². The highest BCUT2D eigenvalue weighted by atomic mass is 32.2. The van der Waals surface area contributed by atoms with Crippen molar-refractivity contribution in [3.05, 3.63) is 11.9 Å². The van der Waals surface area contributed by atoms with Gasteiger partial charge in [-0.15, -0.1) is 0 Å². The molecule has 6 heteroatoms. The van der Waals surface area contributed by atoms with Crippen LogP contribution < -0.4 is 0 Å². The van der Waals surface area contributed by atoms with E-state index in [4.69, 9.17) is 0 Å². The summed E-state index contributed by atoms with van der Waals surface area (Å²) in [6, 6.07) is 0.377. The molecule has 2 aliphatic rings. The van der Waals surface area contributed by atoms with Gasteiger partial charge in [0.25, 0.3) is 0 Å². The molecule has 2 heterocycles. The van der Waals surface area contributed by atoms with Gasteiger partial charge < -0.3 is 0 Å². The number of aryl methyl sites for hydroxylation is 1. The van der Waals surface area contributed by atoms with Crippen LogP contribution in [0.5, 0.6) is 0 Å². The highest BCUT2D eigenvalue weighted by Crippen LogP contribution is 2.32. The third kappa shape index (κ3) is 2.95. The van der Waals surface area contributed by atoms with E-state index in [2.05, 4.69) is 18.9 Å². The Hall–Kier alpha value is -0.880. The van der Waals surface area contributed by atoms with E-state index in [0.29, 0.717) is 41.6 Å². The summed E-state index contributed by atoms with van der Waals surface area (Å²) in [5, 5.41) is 4.50. The van der Waals surface area contributed by atoms with Gasteiger partial charge in [-0.2, -0.15) is 9.40 Å². The Kier molecular flexibility index (Phi) is 4.34. The van der Waals surface area contributed by atoms with E-state index in [9.17, 15) is 8.42 Å². The molecule has 5 nitrogen and oxygen atoms in total. The second-order valence-corrected chi connectivity index (χ2v) is 9.17. The normalized spacial score (nSPS) is 28.3. The molecule has 0 aromatic carbocycles. The summed E-state index contributed by atoms with van der Waals surface area (Å²) in [7, 11) is -3.42. The van der Waals surface area contributed by atoms with Crippen LogP contribution >= 0.6 is 0 Å². The van der Waals surface area contributed by atoms with E-state index >= 15 is 0 Å². The van der Waals surface area contributed by atoms with Gasteiger partial charge in [0, 0.05) is 19.3 Å². The molecular weight excluding hydrogens is 298 g/mol. The minimum Gasteiger partial charge on any atom is -0.268 e. The van der Waals surface area contributed by atoms with Gasteiger partial charge in [0.1, 0.15) is 4.90 Å². The number of nitrogens with zero attached hydrogens (tertiary/aromatic N) is 3. The summed E-state index contributed by atoms with van der Waals surface area (Å²) in [4.78, 5) is 0.403. The van der Waals surface area contributed by atoms with Crippen LogP contribution in [0.3, 0.4) is 0 Å². The summed E-state index contributed by atoms with van der Waals surface area (Å²) >= 11 is 0. The molecule has 2 unspecified atom stereocenters. The molecular formula is C16H27N3O2S. The van der Waals surface area contributed by atoms with E-state index < -0.39 is 10.0 Å². The standard InChI is InChI=1S/C16H27N3O2S/c1-12-8-13(2)10-18(9-12)22(20,21)16-11-19(17-14(16)3)15-6-4-5-7-15/h11-13,15H,4-10H2,1-3H3. The van der Waals surface area contributed by atoms with Crippen molar-refractivity contribution >= 4 is 10.0 Å². The first-order chi connectivity index (χ1) is 10.4. The van der Waals surface area contributed by atoms with Crippen molar-refractivity contribution < 1.29 is 8.42 Å². The van der Waals surface area contributed by atoms with Gasteiger partial charge in [-0.05, 0) is 38.0 Å². The fourth-order valence-corrected chi connectivity index (χ4v) is 5.85. The fraction of sp³-hybridized carbons (Fsp3) is 0.812. The lowest BCUT2D eigenvalue weighted by Gasteiger charge is -2.33. The van der Waals surface area contributed by atoms with Crippen molar-refractivity contribution in [3.8, 4) is 0 Å². The SMILES string of the molecule is Cc1nn(C2CCCC2)cc1S(=O)(=O)N1CC(C)CC(C)C1. The molecule has 0 radical (unpaired) electrons. The minimum atomic E-state index is -3.42. The number of piperidine rings is 1. The molecule has 1 aliphatic carbocycles.